The largest absolute Gasteiger partial charge is 0.342 e. The van der Waals surface area contributed by atoms with Crippen molar-refractivity contribution in [2.75, 3.05) is 46.8 Å². The summed E-state index contributed by atoms with van der Waals surface area (Å²) >= 11 is 0. The molecule has 2 aromatic rings. The average Bonchev–Trinajstić information content (AvgIpc) is 3.20. The van der Waals surface area contributed by atoms with Crippen LogP contribution in [0.15, 0.2) is 42.6 Å². The van der Waals surface area contributed by atoms with Crippen molar-refractivity contribution in [1.82, 2.24) is 19.7 Å². The van der Waals surface area contributed by atoms with E-state index in [-0.39, 0.29) is 17.7 Å². The molecule has 0 aliphatic carbocycles. The van der Waals surface area contributed by atoms with Crippen LogP contribution in [0.2, 0.25) is 0 Å². The van der Waals surface area contributed by atoms with Crippen LogP contribution in [0.25, 0.3) is 0 Å². The number of aromatic nitrogens is 1. The molecule has 176 valence electrons. The lowest BCUT2D eigenvalue weighted by atomic mass is 9.91. The Hall–Kier alpha value is -2.73. The molecule has 33 heavy (non-hydrogen) atoms. The monoisotopic (exact) mass is 448 g/mol. The Bertz CT molecular complexity index is 964. The lowest BCUT2D eigenvalue weighted by Gasteiger charge is -2.33. The summed E-state index contributed by atoms with van der Waals surface area (Å²) in [7, 11) is 4.00. The Labute approximate surface area is 197 Å². The zero-order valence-electron chi connectivity index (χ0n) is 20.2. The maximum Gasteiger partial charge on any atom is 0.227 e. The Balaban J connectivity index is 1.28. The van der Waals surface area contributed by atoms with Crippen molar-refractivity contribution in [3.05, 3.63) is 65.0 Å². The predicted octanol–water partition coefficient (Wildman–Crippen LogP) is 3.10. The van der Waals surface area contributed by atoms with Crippen molar-refractivity contribution in [2.45, 2.75) is 38.5 Å². The van der Waals surface area contributed by atoms with Gasteiger partial charge in [0.05, 0.1) is 5.92 Å². The smallest absolute Gasteiger partial charge is 0.227 e. The molecular formula is C27H36N4O2. The highest BCUT2D eigenvalue weighted by Crippen LogP contribution is 2.29. The van der Waals surface area contributed by atoms with Gasteiger partial charge in [0, 0.05) is 57.0 Å². The number of likely N-dealkylation sites (N-methyl/N-ethyl adjacent to an activating group) is 1. The van der Waals surface area contributed by atoms with Crippen molar-refractivity contribution >= 4 is 11.8 Å². The van der Waals surface area contributed by atoms with Crippen LogP contribution in [-0.2, 0) is 16.0 Å². The first-order valence-corrected chi connectivity index (χ1v) is 12.1. The number of nitrogens with zero attached hydrogens (tertiary/aromatic N) is 4. The van der Waals surface area contributed by atoms with Gasteiger partial charge in [0.15, 0.2) is 0 Å². The number of carbonyl (C=O) groups is 2. The van der Waals surface area contributed by atoms with E-state index in [1.165, 1.54) is 16.7 Å². The molecule has 1 atom stereocenters. The minimum atomic E-state index is -0.185. The third kappa shape index (κ3) is 5.80. The second-order valence-corrected chi connectivity index (χ2v) is 9.84. The zero-order chi connectivity index (χ0) is 23.4. The molecule has 0 radical (unpaired) electrons. The third-order valence-electron chi connectivity index (χ3n) is 7.11. The van der Waals surface area contributed by atoms with Gasteiger partial charge < -0.3 is 14.7 Å². The molecule has 4 rings (SSSR count). The van der Waals surface area contributed by atoms with E-state index in [0.717, 1.165) is 44.6 Å². The number of benzene rings is 1. The zero-order valence-corrected chi connectivity index (χ0v) is 20.2. The molecule has 0 saturated carbocycles. The number of pyridine rings is 1. The third-order valence-corrected chi connectivity index (χ3v) is 7.11. The van der Waals surface area contributed by atoms with Gasteiger partial charge in [-0.05, 0) is 63.0 Å². The molecular weight excluding hydrogens is 412 g/mol. The van der Waals surface area contributed by atoms with Crippen molar-refractivity contribution in [3.8, 4) is 0 Å². The Morgan fingerprint density at radius 2 is 1.88 bits per heavy atom. The first kappa shape index (κ1) is 23.4. The molecule has 3 heterocycles. The first-order chi connectivity index (χ1) is 15.9. The highest BCUT2D eigenvalue weighted by molar-refractivity contribution is 5.89. The van der Waals surface area contributed by atoms with Gasteiger partial charge in [-0.15, -0.1) is 0 Å². The van der Waals surface area contributed by atoms with Crippen molar-refractivity contribution in [3.63, 3.8) is 0 Å². The fraction of sp³-hybridized carbons (Fsp3) is 0.519. The molecule has 2 fully saturated rings. The normalized spacial score (nSPS) is 19.5. The molecule has 2 aliphatic rings. The summed E-state index contributed by atoms with van der Waals surface area (Å²) in [5.74, 6) is 0.467. The van der Waals surface area contributed by atoms with Crippen LogP contribution in [0.4, 0.5) is 0 Å². The fourth-order valence-corrected chi connectivity index (χ4v) is 4.94. The number of amides is 2. The van der Waals surface area contributed by atoms with E-state index in [4.69, 9.17) is 4.98 Å². The number of likely N-dealkylation sites (tertiary alicyclic amines) is 2. The van der Waals surface area contributed by atoms with Crippen LogP contribution in [0, 0.1) is 12.8 Å². The van der Waals surface area contributed by atoms with Crippen molar-refractivity contribution in [2.24, 2.45) is 5.92 Å². The highest BCUT2D eigenvalue weighted by atomic mass is 16.2. The molecule has 6 heteroatoms. The van der Waals surface area contributed by atoms with E-state index in [2.05, 4.69) is 48.2 Å². The van der Waals surface area contributed by atoms with Gasteiger partial charge in [-0.1, -0.05) is 30.3 Å². The van der Waals surface area contributed by atoms with Gasteiger partial charge in [-0.25, -0.2) is 0 Å². The molecule has 2 aliphatic heterocycles. The van der Waals surface area contributed by atoms with Crippen molar-refractivity contribution < 1.29 is 9.59 Å². The number of piperidine rings is 1. The summed E-state index contributed by atoms with van der Waals surface area (Å²) in [6.45, 7) is 5.74. The van der Waals surface area contributed by atoms with Crippen LogP contribution in [0.3, 0.4) is 0 Å². The molecule has 2 saturated heterocycles. The maximum absolute atomic E-state index is 13.0. The van der Waals surface area contributed by atoms with Gasteiger partial charge in [0.2, 0.25) is 11.8 Å². The summed E-state index contributed by atoms with van der Waals surface area (Å²) in [6.07, 6.45) is 5.13. The van der Waals surface area contributed by atoms with Crippen LogP contribution < -0.4 is 0 Å². The first-order valence-electron chi connectivity index (χ1n) is 12.1. The van der Waals surface area contributed by atoms with E-state index in [1.54, 1.807) is 0 Å². The van der Waals surface area contributed by atoms with Crippen LogP contribution in [0.5, 0.6) is 0 Å². The van der Waals surface area contributed by atoms with Crippen LogP contribution >= 0.6 is 0 Å². The average molecular weight is 449 g/mol. The van der Waals surface area contributed by atoms with Gasteiger partial charge >= 0.3 is 0 Å². The lowest BCUT2D eigenvalue weighted by molar-refractivity contribution is -0.136. The molecule has 0 N–H and O–H groups in total. The Kier molecular flexibility index (Phi) is 7.43. The number of rotatable bonds is 7. The molecule has 1 aromatic heterocycles. The minimum Gasteiger partial charge on any atom is -0.342 e. The summed E-state index contributed by atoms with van der Waals surface area (Å²) in [6, 6.07) is 12.8. The number of aryl methyl sites for hydroxylation is 1. The van der Waals surface area contributed by atoms with E-state index in [9.17, 15) is 9.59 Å². The van der Waals surface area contributed by atoms with E-state index in [1.807, 2.05) is 30.1 Å². The minimum absolute atomic E-state index is 0.111. The summed E-state index contributed by atoms with van der Waals surface area (Å²) in [5.41, 5.74) is 5.00. The van der Waals surface area contributed by atoms with E-state index >= 15 is 0 Å². The SMILES string of the molecule is Cc1ccccc1Cc1ccc(C2CCN(C(=O)C3CC(=O)N(CCN(C)C)C3)CC2)nc1. The van der Waals surface area contributed by atoms with Gasteiger partial charge in [-0.3, -0.25) is 14.6 Å². The van der Waals surface area contributed by atoms with E-state index < -0.39 is 0 Å². The molecule has 6 nitrogen and oxygen atoms in total. The standard InChI is InChI=1S/C27H36N4O2/c1-20-6-4-5-7-23(20)16-21-8-9-25(28-18-21)22-10-12-30(13-11-22)27(33)24-17-26(32)31(19-24)15-14-29(2)3/h4-9,18,22,24H,10-17,19H2,1-3H3. The topological polar surface area (TPSA) is 56.8 Å². The fourth-order valence-electron chi connectivity index (χ4n) is 4.94. The predicted molar refractivity (Wildman–Crippen MR) is 130 cm³/mol. The van der Waals surface area contributed by atoms with Crippen LogP contribution in [0.1, 0.15) is 47.6 Å². The number of carbonyl (C=O) groups excluding carboxylic acids is 2. The molecule has 2 amide bonds. The highest BCUT2D eigenvalue weighted by Gasteiger charge is 2.37. The van der Waals surface area contributed by atoms with Crippen molar-refractivity contribution in [1.29, 1.82) is 0 Å². The number of hydrogen-bond donors (Lipinski definition) is 0. The lowest BCUT2D eigenvalue weighted by Crippen LogP contribution is -2.42. The number of hydrogen-bond acceptors (Lipinski definition) is 4. The second kappa shape index (κ2) is 10.5. The maximum atomic E-state index is 13.0. The Morgan fingerprint density at radius 1 is 1.12 bits per heavy atom. The van der Waals surface area contributed by atoms with Crippen LogP contribution in [-0.4, -0.2) is 78.3 Å². The van der Waals surface area contributed by atoms with Gasteiger partial charge in [0.25, 0.3) is 0 Å². The quantitative estimate of drug-likeness (QED) is 0.653. The Morgan fingerprint density at radius 3 is 2.55 bits per heavy atom. The summed E-state index contributed by atoms with van der Waals surface area (Å²) in [4.78, 5) is 36.0. The van der Waals surface area contributed by atoms with E-state index in [0.29, 0.717) is 25.4 Å². The second-order valence-electron chi connectivity index (χ2n) is 9.84. The molecule has 0 bridgehead atoms. The van der Waals surface area contributed by atoms with Gasteiger partial charge in [-0.2, -0.15) is 0 Å². The summed E-state index contributed by atoms with van der Waals surface area (Å²) < 4.78 is 0. The molecule has 1 unspecified atom stereocenters. The molecule has 1 aromatic carbocycles. The van der Waals surface area contributed by atoms with Gasteiger partial charge in [0.1, 0.15) is 0 Å². The molecule has 0 spiro atoms. The summed E-state index contributed by atoms with van der Waals surface area (Å²) in [5, 5.41) is 0.